The lowest BCUT2D eigenvalue weighted by Crippen LogP contribution is -2.05. The lowest BCUT2D eigenvalue weighted by atomic mass is 10.1. The summed E-state index contributed by atoms with van der Waals surface area (Å²) in [7, 11) is 0. The van der Waals surface area contributed by atoms with Crippen molar-refractivity contribution in [2.24, 2.45) is 0 Å². The molecule has 0 radical (unpaired) electrons. The first-order valence-corrected chi connectivity index (χ1v) is 10.5. The van der Waals surface area contributed by atoms with Crippen LogP contribution in [0, 0.1) is 0 Å². The van der Waals surface area contributed by atoms with E-state index in [0.29, 0.717) is 22.5 Å². The van der Waals surface area contributed by atoms with Gasteiger partial charge in [-0.15, -0.1) is 0 Å². The maximum absolute atomic E-state index is 12.5. The molecule has 7 nitrogen and oxygen atoms in total. The summed E-state index contributed by atoms with van der Waals surface area (Å²) in [6.07, 6.45) is 8.94. The molecular weight excluding hydrogens is 430 g/mol. The molecule has 0 aliphatic carbocycles. The highest BCUT2D eigenvalue weighted by Crippen LogP contribution is 2.14. The summed E-state index contributed by atoms with van der Waals surface area (Å²) in [5.41, 5.74) is 3.51. The Balaban J connectivity index is 1.65. The van der Waals surface area contributed by atoms with E-state index in [4.69, 9.17) is 0 Å². The largest absolute Gasteiger partial charge is 0.326 e. The second-order valence-electron chi connectivity index (χ2n) is 7.46. The first-order chi connectivity index (χ1) is 16.3. The van der Waals surface area contributed by atoms with Crippen LogP contribution >= 0.6 is 0 Å². The summed E-state index contributed by atoms with van der Waals surface area (Å²) in [5, 5.41) is 5.36. The van der Waals surface area contributed by atoms with Crippen molar-refractivity contribution in [3.8, 4) is 0 Å². The average Bonchev–Trinajstić information content (AvgIpc) is 2.82. The highest BCUT2D eigenvalue weighted by Gasteiger charge is 2.08. The van der Waals surface area contributed by atoms with Gasteiger partial charge in [0.15, 0.2) is 11.6 Å². The molecule has 2 N–H and O–H groups in total. The van der Waals surface area contributed by atoms with Crippen LogP contribution < -0.4 is 10.6 Å². The van der Waals surface area contributed by atoms with Crippen LogP contribution in [0.4, 0.5) is 11.4 Å². The van der Waals surface area contributed by atoms with Crippen LogP contribution in [-0.4, -0.2) is 28.4 Å². The van der Waals surface area contributed by atoms with Gasteiger partial charge in [-0.2, -0.15) is 0 Å². The number of anilines is 2. The van der Waals surface area contributed by atoms with Crippen LogP contribution in [0.15, 0.2) is 79.1 Å². The van der Waals surface area contributed by atoms with Crippen molar-refractivity contribution in [1.82, 2.24) is 4.98 Å². The zero-order chi connectivity index (χ0) is 24.5. The molecule has 3 rings (SSSR count). The lowest BCUT2D eigenvalue weighted by Gasteiger charge is -2.02. The minimum Gasteiger partial charge on any atom is -0.326 e. The van der Waals surface area contributed by atoms with Crippen LogP contribution in [0.2, 0.25) is 0 Å². The molecule has 3 aromatic rings. The Labute approximate surface area is 197 Å². The van der Waals surface area contributed by atoms with Gasteiger partial charge in [-0.3, -0.25) is 24.2 Å². The van der Waals surface area contributed by atoms with Crippen LogP contribution in [0.5, 0.6) is 0 Å². The van der Waals surface area contributed by atoms with Crippen molar-refractivity contribution >= 4 is 46.9 Å². The third kappa shape index (κ3) is 7.20. The number of pyridine rings is 1. The molecule has 2 aromatic carbocycles. The van der Waals surface area contributed by atoms with Gasteiger partial charge < -0.3 is 10.6 Å². The molecule has 170 valence electrons. The number of rotatable bonds is 8. The number of nitrogens with zero attached hydrogens (tertiary/aromatic N) is 1. The van der Waals surface area contributed by atoms with E-state index in [0.717, 1.165) is 11.1 Å². The maximum atomic E-state index is 12.5. The van der Waals surface area contributed by atoms with Crippen molar-refractivity contribution in [2.75, 3.05) is 10.6 Å². The number of amides is 2. The Morgan fingerprint density at radius 3 is 1.38 bits per heavy atom. The second kappa shape index (κ2) is 11.3. The first kappa shape index (κ1) is 24.0. The molecular formula is C27H23N3O4. The van der Waals surface area contributed by atoms with Gasteiger partial charge in [0, 0.05) is 48.7 Å². The summed E-state index contributed by atoms with van der Waals surface area (Å²) in [5.74, 6) is -0.888. The summed E-state index contributed by atoms with van der Waals surface area (Å²) >= 11 is 0. The van der Waals surface area contributed by atoms with E-state index < -0.39 is 0 Å². The Morgan fingerprint density at radius 2 is 1.03 bits per heavy atom. The highest BCUT2D eigenvalue weighted by molar-refractivity contribution is 6.10. The SMILES string of the molecule is CC(=O)Nc1ccc(/C=C\C(=O)c2cncc(C(=O)/C=C/c3ccc(NC(C)=O)cc3)c2)cc1. The number of hydrogen-bond acceptors (Lipinski definition) is 5. The molecule has 0 bridgehead atoms. The Hall–Kier alpha value is -4.65. The third-order valence-corrected chi connectivity index (χ3v) is 4.62. The molecule has 0 atom stereocenters. The normalized spacial score (nSPS) is 10.9. The Bertz CT molecular complexity index is 1180. The lowest BCUT2D eigenvalue weighted by molar-refractivity contribution is -0.115. The fraction of sp³-hybridized carbons (Fsp3) is 0.0741. The molecule has 1 aromatic heterocycles. The van der Waals surface area contributed by atoms with Gasteiger partial charge in [0.05, 0.1) is 0 Å². The molecule has 0 unspecified atom stereocenters. The Kier molecular flexibility index (Phi) is 7.97. The second-order valence-corrected chi connectivity index (χ2v) is 7.46. The number of allylic oxidation sites excluding steroid dienone is 2. The van der Waals surface area contributed by atoms with Gasteiger partial charge in [-0.25, -0.2) is 0 Å². The summed E-state index contributed by atoms with van der Waals surface area (Å²) in [6, 6.07) is 15.6. The minimum absolute atomic E-state index is 0.157. The molecule has 34 heavy (non-hydrogen) atoms. The summed E-state index contributed by atoms with van der Waals surface area (Å²) in [4.78, 5) is 51.3. The number of aromatic nitrogens is 1. The van der Waals surface area contributed by atoms with Crippen LogP contribution in [-0.2, 0) is 9.59 Å². The van der Waals surface area contributed by atoms with Crippen molar-refractivity contribution in [3.63, 3.8) is 0 Å². The van der Waals surface area contributed by atoms with E-state index in [-0.39, 0.29) is 23.4 Å². The quantitative estimate of drug-likeness (QED) is 0.377. The molecule has 0 fully saturated rings. The molecule has 1 heterocycles. The predicted octanol–water partition coefficient (Wildman–Crippen LogP) is 4.79. The van der Waals surface area contributed by atoms with Gasteiger partial charge in [-0.05, 0) is 53.6 Å². The van der Waals surface area contributed by atoms with E-state index in [9.17, 15) is 19.2 Å². The Morgan fingerprint density at radius 1 is 0.647 bits per heavy atom. The summed E-state index contributed by atoms with van der Waals surface area (Å²) < 4.78 is 0. The maximum Gasteiger partial charge on any atom is 0.221 e. The highest BCUT2D eigenvalue weighted by atomic mass is 16.2. The standard InChI is InChI=1S/C27H23N3O4/c1-18(31)29-24-9-3-20(4-10-24)7-13-26(33)22-15-23(17-28-16-22)27(34)14-8-21-5-11-25(12-6-21)30-19(2)32/h3-17H,1-2H3,(H,29,31)(H,30,32)/b13-7-,14-8+. The van der Waals surface area contributed by atoms with E-state index in [1.165, 1.54) is 44.5 Å². The number of carbonyl (C=O) groups excluding carboxylic acids is 4. The molecule has 0 aliphatic heterocycles. The number of carbonyl (C=O) groups is 4. The van der Waals surface area contributed by atoms with E-state index in [1.54, 1.807) is 60.7 Å². The monoisotopic (exact) mass is 453 g/mol. The van der Waals surface area contributed by atoms with Gasteiger partial charge in [-0.1, -0.05) is 36.4 Å². The number of nitrogens with one attached hydrogen (secondary N) is 2. The van der Waals surface area contributed by atoms with Crippen LogP contribution in [0.25, 0.3) is 12.2 Å². The van der Waals surface area contributed by atoms with Gasteiger partial charge in [0.25, 0.3) is 0 Å². The van der Waals surface area contributed by atoms with Gasteiger partial charge in [0.2, 0.25) is 11.8 Å². The van der Waals surface area contributed by atoms with Crippen LogP contribution in [0.3, 0.4) is 0 Å². The number of benzene rings is 2. The van der Waals surface area contributed by atoms with E-state index in [2.05, 4.69) is 15.6 Å². The van der Waals surface area contributed by atoms with Crippen molar-refractivity contribution < 1.29 is 19.2 Å². The summed E-state index contributed by atoms with van der Waals surface area (Å²) in [6.45, 7) is 2.86. The van der Waals surface area contributed by atoms with Gasteiger partial charge in [0.1, 0.15) is 0 Å². The van der Waals surface area contributed by atoms with E-state index in [1.807, 2.05) is 0 Å². The van der Waals surface area contributed by atoms with Gasteiger partial charge >= 0.3 is 0 Å². The number of hydrogen-bond donors (Lipinski definition) is 2. The third-order valence-electron chi connectivity index (χ3n) is 4.62. The molecule has 0 spiro atoms. The fourth-order valence-corrected chi connectivity index (χ4v) is 3.01. The fourth-order valence-electron chi connectivity index (χ4n) is 3.01. The topological polar surface area (TPSA) is 105 Å². The zero-order valence-electron chi connectivity index (χ0n) is 18.7. The zero-order valence-corrected chi connectivity index (χ0v) is 18.7. The molecule has 2 amide bonds. The smallest absolute Gasteiger partial charge is 0.221 e. The average molecular weight is 453 g/mol. The predicted molar refractivity (Wildman–Crippen MR) is 132 cm³/mol. The minimum atomic E-state index is -0.286. The van der Waals surface area contributed by atoms with Crippen molar-refractivity contribution in [1.29, 1.82) is 0 Å². The molecule has 0 aliphatic rings. The van der Waals surface area contributed by atoms with Crippen LogP contribution in [0.1, 0.15) is 45.7 Å². The number of ketones is 2. The van der Waals surface area contributed by atoms with Crippen molar-refractivity contribution in [2.45, 2.75) is 13.8 Å². The molecule has 7 heteroatoms. The molecule has 0 saturated heterocycles. The van der Waals surface area contributed by atoms with E-state index >= 15 is 0 Å². The first-order valence-electron chi connectivity index (χ1n) is 10.5. The van der Waals surface area contributed by atoms with Crippen molar-refractivity contribution in [3.05, 3.63) is 101 Å². The molecule has 0 saturated carbocycles.